The summed E-state index contributed by atoms with van der Waals surface area (Å²) in [6, 6.07) is 8.04. The van der Waals surface area contributed by atoms with Crippen LogP contribution in [0.4, 0.5) is 0 Å². The second kappa shape index (κ2) is 7.41. The van der Waals surface area contributed by atoms with Crippen molar-refractivity contribution in [1.82, 2.24) is 24.2 Å². The van der Waals surface area contributed by atoms with Crippen LogP contribution in [0.1, 0.15) is 0 Å². The third-order valence-corrected chi connectivity index (χ3v) is 4.94. The van der Waals surface area contributed by atoms with Crippen LogP contribution < -0.4 is 9.46 Å². The fourth-order valence-electron chi connectivity index (χ4n) is 2.26. The lowest BCUT2D eigenvalue weighted by molar-refractivity contribution is 0.413. The first-order chi connectivity index (χ1) is 12.1. The summed E-state index contributed by atoms with van der Waals surface area (Å²) < 4.78 is 34.2. The second-order valence-electron chi connectivity index (χ2n) is 5.09. The minimum absolute atomic E-state index is 0.157. The molecule has 0 bridgehead atoms. The van der Waals surface area contributed by atoms with E-state index in [1.807, 2.05) is 0 Å². The lowest BCUT2D eigenvalue weighted by atomic mass is 10.3. The molecule has 0 aliphatic rings. The molecule has 3 aromatic rings. The van der Waals surface area contributed by atoms with E-state index in [1.165, 1.54) is 19.2 Å². The van der Waals surface area contributed by atoms with E-state index >= 15 is 0 Å². The highest BCUT2D eigenvalue weighted by atomic mass is 32.2. The molecule has 0 spiro atoms. The van der Waals surface area contributed by atoms with Gasteiger partial charge in [0.1, 0.15) is 5.75 Å². The largest absolute Gasteiger partial charge is 0.497 e. The average Bonchev–Trinajstić information content (AvgIpc) is 3.11. The molecule has 0 fully saturated rings. The molecular weight excluding hydrogens is 342 g/mol. The first-order valence-electron chi connectivity index (χ1n) is 7.52. The van der Waals surface area contributed by atoms with E-state index in [4.69, 9.17) is 4.74 Å². The number of aromatic nitrogens is 4. The predicted octanol–water partition coefficient (Wildman–Crippen LogP) is 1.33. The van der Waals surface area contributed by atoms with Crippen molar-refractivity contribution in [1.29, 1.82) is 0 Å². The van der Waals surface area contributed by atoms with Crippen molar-refractivity contribution >= 4 is 10.0 Å². The Hall–Kier alpha value is -2.78. The standard InChI is InChI=1S/C16H17N5O3S/c1-24-13-4-2-5-14(12-13)25(22,23)20-9-11-21-10-8-19-16(21)15-17-6-3-7-18-15/h2-8,10,12,20H,9,11H2,1H3. The van der Waals surface area contributed by atoms with Crippen LogP contribution in [-0.2, 0) is 16.6 Å². The Labute approximate surface area is 145 Å². The molecule has 0 saturated carbocycles. The number of methoxy groups -OCH3 is 1. The zero-order valence-corrected chi connectivity index (χ0v) is 14.3. The smallest absolute Gasteiger partial charge is 0.240 e. The molecule has 0 amide bonds. The lowest BCUT2D eigenvalue weighted by Crippen LogP contribution is -2.27. The number of rotatable bonds is 7. The highest BCUT2D eigenvalue weighted by Gasteiger charge is 2.15. The highest BCUT2D eigenvalue weighted by Crippen LogP contribution is 2.17. The molecule has 9 heteroatoms. The van der Waals surface area contributed by atoms with Gasteiger partial charge in [0.15, 0.2) is 11.6 Å². The van der Waals surface area contributed by atoms with Gasteiger partial charge in [0.05, 0.1) is 12.0 Å². The minimum atomic E-state index is -3.62. The van der Waals surface area contributed by atoms with Crippen molar-refractivity contribution in [2.45, 2.75) is 11.4 Å². The van der Waals surface area contributed by atoms with Gasteiger partial charge in [0.25, 0.3) is 0 Å². The molecule has 0 unspecified atom stereocenters. The molecule has 3 rings (SSSR count). The molecule has 0 saturated heterocycles. The molecule has 0 atom stereocenters. The number of nitrogens with zero attached hydrogens (tertiary/aromatic N) is 4. The quantitative estimate of drug-likeness (QED) is 0.683. The zero-order valence-electron chi connectivity index (χ0n) is 13.5. The lowest BCUT2D eigenvalue weighted by Gasteiger charge is -2.10. The molecule has 0 aliphatic heterocycles. The van der Waals surface area contributed by atoms with Gasteiger partial charge in [-0.15, -0.1) is 0 Å². The fraction of sp³-hybridized carbons (Fsp3) is 0.188. The van der Waals surface area contributed by atoms with Crippen LogP contribution >= 0.6 is 0 Å². The van der Waals surface area contributed by atoms with E-state index in [1.54, 1.807) is 47.6 Å². The van der Waals surface area contributed by atoms with Gasteiger partial charge in [-0.25, -0.2) is 28.1 Å². The van der Waals surface area contributed by atoms with Gasteiger partial charge in [-0.05, 0) is 18.2 Å². The first-order valence-corrected chi connectivity index (χ1v) is 9.01. The first kappa shape index (κ1) is 17.1. The highest BCUT2D eigenvalue weighted by molar-refractivity contribution is 7.89. The summed E-state index contributed by atoms with van der Waals surface area (Å²) in [5.74, 6) is 1.56. The maximum absolute atomic E-state index is 12.4. The normalized spacial score (nSPS) is 11.4. The number of ether oxygens (including phenoxy) is 1. The van der Waals surface area contributed by atoms with Crippen LogP contribution in [0.15, 0.2) is 60.0 Å². The molecule has 130 valence electrons. The topological polar surface area (TPSA) is 99.0 Å². The van der Waals surface area contributed by atoms with Crippen molar-refractivity contribution in [2.24, 2.45) is 0 Å². The molecule has 0 aliphatic carbocycles. The van der Waals surface area contributed by atoms with Crippen molar-refractivity contribution in [3.63, 3.8) is 0 Å². The van der Waals surface area contributed by atoms with E-state index < -0.39 is 10.0 Å². The van der Waals surface area contributed by atoms with E-state index in [0.717, 1.165) is 0 Å². The molecular formula is C16H17N5O3S. The Morgan fingerprint density at radius 2 is 1.92 bits per heavy atom. The Kier molecular flexibility index (Phi) is 5.05. The summed E-state index contributed by atoms with van der Waals surface area (Å²) in [7, 11) is -2.13. The number of benzene rings is 1. The number of imidazole rings is 1. The summed E-state index contributed by atoms with van der Waals surface area (Å²) >= 11 is 0. The monoisotopic (exact) mass is 359 g/mol. The second-order valence-corrected chi connectivity index (χ2v) is 6.86. The molecule has 1 N–H and O–H groups in total. The molecule has 2 aromatic heterocycles. The van der Waals surface area contributed by atoms with Crippen molar-refractivity contribution in [2.75, 3.05) is 13.7 Å². The minimum Gasteiger partial charge on any atom is -0.497 e. The molecule has 2 heterocycles. The maximum Gasteiger partial charge on any atom is 0.240 e. The van der Waals surface area contributed by atoms with Crippen LogP contribution in [0.3, 0.4) is 0 Å². The van der Waals surface area contributed by atoms with Gasteiger partial charge in [0.2, 0.25) is 10.0 Å². The van der Waals surface area contributed by atoms with Crippen LogP contribution in [-0.4, -0.2) is 41.6 Å². The van der Waals surface area contributed by atoms with Crippen molar-refractivity contribution in [3.8, 4) is 17.4 Å². The number of nitrogens with one attached hydrogen (secondary N) is 1. The van der Waals surface area contributed by atoms with Crippen LogP contribution in [0.5, 0.6) is 5.75 Å². The third kappa shape index (κ3) is 4.01. The van der Waals surface area contributed by atoms with Gasteiger partial charge < -0.3 is 9.30 Å². The van der Waals surface area contributed by atoms with Crippen LogP contribution in [0, 0.1) is 0 Å². The zero-order chi connectivity index (χ0) is 17.7. The Morgan fingerprint density at radius 3 is 2.68 bits per heavy atom. The van der Waals surface area contributed by atoms with Gasteiger partial charge in [0, 0.05) is 43.9 Å². The summed E-state index contributed by atoms with van der Waals surface area (Å²) in [5, 5.41) is 0. The average molecular weight is 359 g/mol. The molecule has 8 nitrogen and oxygen atoms in total. The molecule has 1 aromatic carbocycles. The van der Waals surface area contributed by atoms with Gasteiger partial charge in [-0.1, -0.05) is 6.07 Å². The number of hydrogen-bond donors (Lipinski definition) is 1. The van der Waals surface area contributed by atoms with Crippen molar-refractivity contribution < 1.29 is 13.2 Å². The third-order valence-electron chi connectivity index (χ3n) is 3.48. The van der Waals surface area contributed by atoms with E-state index in [2.05, 4.69) is 19.7 Å². The maximum atomic E-state index is 12.4. The Bertz CT molecular complexity index is 941. The fourth-order valence-corrected chi connectivity index (χ4v) is 3.32. The van der Waals surface area contributed by atoms with Crippen LogP contribution in [0.25, 0.3) is 11.6 Å². The number of sulfonamides is 1. The van der Waals surface area contributed by atoms with E-state index in [9.17, 15) is 8.42 Å². The summed E-state index contributed by atoms with van der Waals surface area (Å²) in [6.07, 6.45) is 6.65. The van der Waals surface area contributed by atoms with Crippen LogP contribution in [0.2, 0.25) is 0 Å². The van der Waals surface area contributed by atoms with E-state index in [-0.39, 0.29) is 11.4 Å². The predicted molar refractivity (Wildman–Crippen MR) is 91.4 cm³/mol. The number of hydrogen-bond acceptors (Lipinski definition) is 6. The SMILES string of the molecule is COc1cccc(S(=O)(=O)NCCn2ccnc2-c2ncccn2)c1. The summed E-state index contributed by atoms with van der Waals surface area (Å²) in [5.41, 5.74) is 0. The summed E-state index contributed by atoms with van der Waals surface area (Å²) in [6.45, 7) is 0.604. The van der Waals surface area contributed by atoms with Crippen molar-refractivity contribution in [3.05, 3.63) is 55.1 Å². The molecule has 25 heavy (non-hydrogen) atoms. The van der Waals surface area contributed by atoms with Gasteiger partial charge in [-0.2, -0.15) is 0 Å². The van der Waals surface area contributed by atoms with Gasteiger partial charge >= 0.3 is 0 Å². The summed E-state index contributed by atoms with van der Waals surface area (Å²) in [4.78, 5) is 12.7. The molecule has 0 radical (unpaired) electrons. The Morgan fingerprint density at radius 1 is 1.12 bits per heavy atom. The Balaban J connectivity index is 1.68. The van der Waals surface area contributed by atoms with E-state index in [0.29, 0.717) is 23.9 Å². The van der Waals surface area contributed by atoms with Gasteiger partial charge in [-0.3, -0.25) is 0 Å².